The van der Waals surface area contributed by atoms with Crippen molar-refractivity contribution in [1.82, 2.24) is 9.88 Å². The lowest BCUT2D eigenvalue weighted by molar-refractivity contribution is -0.115. The third-order valence-corrected chi connectivity index (χ3v) is 10.2. The molecule has 194 valence electrons. The van der Waals surface area contributed by atoms with E-state index >= 15 is 0 Å². The van der Waals surface area contributed by atoms with Crippen LogP contribution in [0.1, 0.15) is 61.0 Å². The molecule has 4 saturated carbocycles. The molecule has 0 unspecified atom stereocenters. The number of nitrogens with one attached hydrogen (secondary N) is 1. The lowest BCUT2D eigenvalue weighted by Crippen LogP contribution is -2.48. The van der Waals surface area contributed by atoms with Gasteiger partial charge in [-0.1, -0.05) is 12.1 Å². The van der Waals surface area contributed by atoms with Crippen LogP contribution in [0.3, 0.4) is 0 Å². The first-order valence-electron chi connectivity index (χ1n) is 13.7. The van der Waals surface area contributed by atoms with E-state index in [9.17, 15) is 9.18 Å². The molecule has 1 saturated heterocycles. The van der Waals surface area contributed by atoms with E-state index in [1.54, 1.807) is 12.1 Å². The van der Waals surface area contributed by atoms with Crippen molar-refractivity contribution in [2.45, 2.75) is 57.8 Å². The molecular formula is C32H32FN3OS. The maximum atomic E-state index is 13.2. The quantitative estimate of drug-likeness (QED) is 0.357. The molecule has 38 heavy (non-hydrogen) atoms. The minimum atomic E-state index is -0.310. The molecule has 4 aliphatic carbocycles. The van der Waals surface area contributed by atoms with Crippen molar-refractivity contribution in [3.8, 4) is 5.69 Å². The topological polar surface area (TPSA) is 46.4 Å². The standard InChI is InChI=1S/C32H32FN3OS/c1-19-11-24(15-29-30(37)35-31(38-29)34-27-7-5-26(33)6-8-27)20(2)36(19)28-9-3-25(4-10-28)32-16-21-12-22(17-32)14-23(13-21)18-32/h3-11,15,21-23H,12-14,16-18H2,1-2H3,(H,34,35,37)/b29-15-. The molecule has 2 heterocycles. The lowest BCUT2D eigenvalue weighted by atomic mass is 9.48. The number of carbonyl (C=O) groups excluding carboxylic acids is 1. The summed E-state index contributed by atoms with van der Waals surface area (Å²) in [6.07, 6.45) is 10.5. The summed E-state index contributed by atoms with van der Waals surface area (Å²) in [7, 11) is 0. The van der Waals surface area contributed by atoms with Gasteiger partial charge >= 0.3 is 0 Å². The number of amides is 1. The van der Waals surface area contributed by atoms with E-state index in [0.717, 1.165) is 34.7 Å². The van der Waals surface area contributed by atoms with Crippen LogP contribution in [0, 0.1) is 37.4 Å². The first-order valence-corrected chi connectivity index (χ1v) is 14.5. The van der Waals surface area contributed by atoms with Gasteiger partial charge in [0.15, 0.2) is 5.17 Å². The maximum absolute atomic E-state index is 13.2. The molecule has 8 rings (SSSR count). The number of rotatable bonds is 4. The normalized spacial score (nSPS) is 30.0. The molecule has 1 aliphatic heterocycles. The highest BCUT2D eigenvalue weighted by molar-refractivity contribution is 8.18. The van der Waals surface area contributed by atoms with Crippen LogP contribution in [0.2, 0.25) is 0 Å². The van der Waals surface area contributed by atoms with Gasteiger partial charge in [-0.15, -0.1) is 0 Å². The minimum absolute atomic E-state index is 0.166. The SMILES string of the molecule is Cc1cc(/C=C2\SC(=Nc3ccc(F)cc3)NC2=O)c(C)n1-c1ccc(C23CC4CC(CC(C4)C2)C3)cc1. The third-order valence-electron chi connectivity index (χ3n) is 9.24. The largest absolute Gasteiger partial charge is 0.318 e. The maximum Gasteiger partial charge on any atom is 0.264 e. The number of benzene rings is 2. The van der Waals surface area contributed by atoms with E-state index in [1.807, 2.05) is 6.08 Å². The molecule has 1 N–H and O–H groups in total. The van der Waals surface area contributed by atoms with Crippen LogP contribution in [-0.2, 0) is 10.2 Å². The highest BCUT2D eigenvalue weighted by atomic mass is 32.2. The van der Waals surface area contributed by atoms with E-state index in [1.165, 1.54) is 73.7 Å². The van der Waals surface area contributed by atoms with Crippen LogP contribution >= 0.6 is 11.8 Å². The monoisotopic (exact) mass is 525 g/mol. The van der Waals surface area contributed by atoms with Gasteiger partial charge in [0, 0.05) is 17.1 Å². The Labute approximate surface area is 227 Å². The Morgan fingerprint density at radius 1 is 0.974 bits per heavy atom. The molecule has 1 aromatic heterocycles. The minimum Gasteiger partial charge on any atom is -0.318 e. The predicted molar refractivity (Wildman–Crippen MR) is 152 cm³/mol. The summed E-state index contributed by atoms with van der Waals surface area (Å²) in [6, 6.07) is 17.4. The van der Waals surface area contributed by atoms with E-state index < -0.39 is 0 Å². The van der Waals surface area contributed by atoms with Gasteiger partial charge < -0.3 is 9.88 Å². The number of amidine groups is 1. The summed E-state index contributed by atoms with van der Waals surface area (Å²) in [6.45, 7) is 4.22. The highest BCUT2D eigenvalue weighted by Gasteiger charge is 2.51. The zero-order valence-electron chi connectivity index (χ0n) is 21.8. The van der Waals surface area contributed by atoms with Crippen LogP contribution in [0.5, 0.6) is 0 Å². The van der Waals surface area contributed by atoms with Crippen molar-refractivity contribution in [3.63, 3.8) is 0 Å². The predicted octanol–water partition coefficient (Wildman–Crippen LogP) is 7.59. The number of halogens is 1. The van der Waals surface area contributed by atoms with Gasteiger partial charge in [-0.3, -0.25) is 4.79 Å². The summed E-state index contributed by atoms with van der Waals surface area (Å²) in [5.41, 5.74) is 6.98. The van der Waals surface area contributed by atoms with Gasteiger partial charge in [-0.2, -0.15) is 0 Å². The van der Waals surface area contributed by atoms with Crippen molar-refractivity contribution >= 4 is 34.6 Å². The van der Waals surface area contributed by atoms with E-state index in [2.05, 4.69) is 59.1 Å². The lowest BCUT2D eigenvalue weighted by Gasteiger charge is -2.57. The van der Waals surface area contributed by atoms with Crippen molar-refractivity contribution in [1.29, 1.82) is 0 Å². The summed E-state index contributed by atoms with van der Waals surface area (Å²) in [4.78, 5) is 17.7. The van der Waals surface area contributed by atoms with Crippen LogP contribution in [0.25, 0.3) is 11.8 Å². The Morgan fingerprint density at radius 2 is 1.61 bits per heavy atom. The number of thioether (sulfide) groups is 1. The van der Waals surface area contributed by atoms with Crippen LogP contribution in [0.4, 0.5) is 10.1 Å². The number of aliphatic imine (C=N–C) groups is 1. The molecule has 5 aliphatic rings. The number of aryl methyl sites for hydroxylation is 1. The number of hydrogen-bond acceptors (Lipinski definition) is 3. The Hall–Kier alpha value is -3.12. The summed E-state index contributed by atoms with van der Waals surface area (Å²) in [5.74, 6) is 2.35. The molecule has 5 fully saturated rings. The fraction of sp³-hybridized carbons (Fsp3) is 0.375. The molecule has 0 radical (unpaired) electrons. The van der Waals surface area contributed by atoms with Gasteiger partial charge in [0.25, 0.3) is 5.91 Å². The highest BCUT2D eigenvalue weighted by Crippen LogP contribution is 2.60. The third kappa shape index (κ3) is 4.14. The van der Waals surface area contributed by atoms with Gasteiger partial charge in [0.05, 0.1) is 10.6 Å². The summed E-state index contributed by atoms with van der Waals surface area (Å²) in [5, 5.41) is 3.33. The van der Waals surface area contributed by atoms with Crippen molar-refractivity contribution < 1.29 is 9.18 Å². The zero-order valence-corrected chi connectivity index (χ0v) is 22.7. The van der Waals surface area contributed by atoms with Crippen LogP contribution < -0.4 is 5.32 Å². The number of nitrogens with zero attached hydrogens (tertiary/aromatic N) is 2. The number of aromatic nitrogens is 1. The molecule has 6 heteroatoms. The van der Waals surface area contributed by atoms with Gasteiger partial charge in [0.1, 0.15) is 5.82 Å². The van der Waals surface area contributed by atoms with Crippen LogP contribution in [-0.4, -0.2) is 15.6 Å². The number of carbonyl (C=O) groups is 1. The van der Waals surface area contributed by atoms with E-state index in [0.29, 0.717) is 21.2 Å². The second kappa shape index (κ2) is 8.98. The summed E-state index contributed by atoms with van der Waals surface area (Å²) >= 11 is 1.31. The molecule has 3 aromatic rings. The van der Waals surface area contributed by atoms with Crippen molar-refractivity contribution in [3.05, 3.63) is 87.8 Å². The molecule has 2 aromatic carbocycles. The molecule has 0 atom stereocenters. The fourth-order valence-electron chi connectivity index (χ4n) is 8.01. The Bertz CT molecular complexity index is 1450. The van der Waals surface area contributed by atoms with E-state index in [4.69, 9.17) is 0 Å². The van der Waals surface area contributed by atoms with Gasteiger partial charge in [-0.25, -0.2) is 9.38 Å². The average Bonchev–Trinajstić information content (AvgIpc) is 3.37. The molecule has 4 bridgehead atoms. The molecule has 0 spiro atoms. The Morgan fingerprint density at radius 3 is 2.24 bits per heavy atom. The molecule has 4 nitrogen and oxygen atoms in total. The van der Waals surface area contributed by atoms with Crippen LogP contribution in [0.15, 0.2) is 64.5 Å². The Kier molecular flexibility index (Phi) is 5.66. The van der Waals surface area contributed by atoms with Gasteiger partial charge in [0.2, 0.25) is 0 Å². The Balaban J connectivity index is 1.14. The average molecular weight is 526 g/mol. The van der Waals surface area contributed by atoms with Crippen molar-refractivity contribution in [2.24, 2.45) is 22.7 Å². The second-order valence-electron chi connectivity index (χ2n) is 11.9. The van der Waals surface area contributed by atoms with Gasteiger partial charge in [-0.05, 0) is 147 Å². The van der Waals surface area contributed by atoms with E-state index in [-0.39, 0.29) is 11.7 Å². The second-order valence-corrected chi connectivity index (χ2v) is 12.9. The summed E-state index contributed by atoms with van der Waals surface area (Å²) < 4.78 is 15.5. The smallest absolute Gasteiger partial charge is 0.264 e. The molecule has 1 amide bonds. The molecular weight excluding hydrogens is 493 g/mol. The first kappa shape index (κ1) is 24.0. The zero-order chi connectivity index (χ0) is 26.0. The van der Waals surface area contributed by atoms with Crippen molar-refractivity contribution in [2.75, 3.05) is 0 Å². The fourth-order valence-corrected chi connectivity index (χ4v) is 8.85. The first-order chi connectivity index (χ1) is 18.3. The number of hydrogen-bond donors (Lipinski definition) is 1.